The Bertz CT molecular complexity index is 1640. The van der Waals surface area contributed by atoms with Gasteiger partial charge in [-0.1, -0.05) is 79.2 Å². The van der Waals surface area contributed by atoms with E-state index in [1.807, 2.05) is 86.3 Å². The fraction of sp³-hybridized carbons (Fsp3) is 0.512. The quantitative estimate of drug-likeness (QED) is 0.220. The second-order valence-corrected chi connectivity index (χ2v) is 14.6. The summed E-state index contributed by atoms with van der Waals surface area (Å²) in [5, 5.41) is 8.34. The molecular formula is C41H56N6O4. The summed E-state index contributed by atoms with van der Waals surface area (Å²) in [7, 11) is 0. The van der Waals surface area contributed by atoms with Crippen LogP contribution in [0.3, 0.4) is 0 Å². The van der Waals surface area contributed by atoms with Crippen LogP contribution in [-0.2, 0) is 27.2 Å². The number of unbranched alkanes of at least 4 members (excludes halogenated alkanes) is 2. The van der Waals surface area contributed by atoms with Crippen LogP contribution in [0, 0.1) is 5.41 Å². The van der Waals surface area contributed by atoms with Gasteiger partial charge in [-0.2, -0.15) is 0 Å². The Labute approximate surface area is 303 Å². The number of nitrogens with zero attached hydrogens (tertiary/aromatic N) is 3. The minimum atomic E-state index is -0.840. The number of fused-ring (bicyclic) bond motifs is 1. The lowest BCUT2D eigenvalue weighted by atomic mass is 9.74. The first-order valence-corrected chi connectivity index (χ1v) is 18.8. The van der Waals surface area contributed by atoms with Gasteiger partial charge in [-0.25, -0.2) is 4.79 Å². The normalized spacial score (nSPS) is 21.3. The van der Waals surface area contributed by atoms with Crippen LogP contribution in [0.2, 0.25) is 0 Å². The van der Waals surface area contributed by atoms with E-state index in [1.165, 1.54) is 0 Å². The standard InChI is InChI=1S/C41H56N6O4/c1-4-43-39(50)41(26-32-14-7-5-8-15-32)21-13-23-45(29-41)38(49)36(25-33-19-20-34-16-10-11-17-35(34)24-33)44-40(51)46-27-30(2)47(31(3)28-46)37(48)18-9-6-12-22-42/h5,7-8,10-11,14-17,19-20,24,30-31,36H,4,6,9,12-13,18,21-23,25-29,42H2,1-3H3,(H,43,50)(H,44,51). The van der Waals surface area contributed by atoms with Gasteiger partial charge in [0.1, 0.15) is 6.04 Å². The third-order valence-electron chi connectivity index (χ3n) is 10.5. The van der Waals surface area contributed by atoms with Gasteiger partial charge in [0, 0.05) is 57.6 Å². The molecule has 5 rings (SSSR count). The third kappa shape index (κ3) is 9.47. The number of rotatable bonds is 13. The topological polar surface area (TPSA) is 128 Å². The van der Waals surface area contributed by atoms with Crippen molar-refractivity contribution in [3.05, 3.63) is 83.9 Å². The number of likely N-dealkylation sites (tertiary alicyclic amines) is 1. The second-order valence-electron chi connectivity index (χ2n) is 14.6. The Kier molecular flexibility index (Phi) is 13.1. The molecule has 2 aliphatic rings. The van der Waals surface area contributed by atoms with E-state index in [-0.39, 0.29) is 42.4 Å². The lowest BCUT2D eigenvalue weighted by Crippen LogP contribution is -2.63. The van der Waals surface area contributed by atoms with E-state index >= 15 is 0 Å². The minimum absolute atomic E-state index is 0.0451. The molecule has 274 valence electrons. The summed E-state index contributed by atoms with van der Waals surface area (Å²) in [6.07, 6.45) is 5.30. The van der Waals surface area contributed by atoms with Crippen molar-refractivity contribution in [1.82, 2.24) is 25.3 Å². The van der Waals surface area contributed by atoms with Crippen LogP contribution in [0.15, 0.2) is 72.8 Å². The van der Waals surface area contributed by atoms with Crippen molar-refractivity contribution in [3.63, 3.8) is 0 Å². The molecule has 0 aliphatic carbocycles. The Morgan fingerprint density at radius 1 is 0.863 bits per heavy atom. The lowest BCUT2D eigenvalue weighted by Gasteiger charge is -2.45. The van der Waals surface area contributed by atoms with Gasteiger partial charge in [-0.05, 0) is 81.3 Å². The van der Waals surface area contributed by atoms with Gasteiger partial charge in [0.25, 0.3) is 0 Å². The molecular weight excluding hydrogens is 640 g/mol. The van der Waals surface area contributed by atoms with Crippen LogP contribution in [0.5, 0.6) is 0 Å². The third-order valence-corrected chi connectivity index (χ3v) is 10.5. The van der Waals surface area contributed by atoms with E-state index in [2.05, 4.69) is 22.8 Å². The molecule has 0 spiro atoms. The number of piperazine rings is 1. The van der Waals surface area contributed by atoms with Crippen molar-refractivity contribution in [2.45, 2.75) is 90.3 Å². The van der Waals surface area contributed by atoms with Crippen LogP contribution in [-0.4, -0.2) is 95.8 Å². The highest BCUT2D eigenvalue weighted by molar-refractivity contribution is 5.90. The van der Waals surface area contributed by atoms with Gasteiger partial charge in [0.15, 0.2) is 0 Å². The molecule has 10 heteroatoms. The summed E-state index contributed by atoms with van der Waals surface area (Å²) in [5.41, 5.74) is 6.84. The average Bonchev–Trinajstić information content (AvgIpc) is 3.13. The molecule has 2 fully saturated rings. The Morgan fingerprint density at radius 2 is 1.57 bits per heavy atom. The van der Waals surface area contributed by atoms with E-state index in [0.29, 0.717) is 64.8 Å². The van der Waals surface area contributed by atoms with Crippen LogP contribution in [0.1, 0.15) is 70.4 Å². The number of nitrogens with two attached hydrogens (primary N) is 1. The maximum absolute atomic E-state index is 14.6. The summed E-state index contributed by atoms with van der Waals surface area (Å²) in [5.74, 6) is -0.130. The van der Waals surface area contributed by atoms with Crippen LogP contribution in [0.25, 0.3) is 10.8 Å². The molecule has 2 heterocycles. The van der Waals surface area contributed by atoms with Gasteiger partial charge in [0.05, 0.1) is 5.41 Å². The van der Waals surface area contributed by atoms with Crippen molar-refractivity contribution in [1.29, 1.82) is 0 Å². The smallest absolute Gasteiger partial charge is 0.318 e. The zero-order valence-electron chi connectivity index (χ0n) is 30.6. The molecule has 10 nitrogen and oxygen atoms in total. The van der Waals surface area contributed by atoms with Crippen LogP contribution >= 0.6 is 0 Å². The number of urea groups is 1. The number of hydrogen-bond donors (Lipinski definition) is 3. The molecule has 2 saturated heterocycles. The predicted molar refractivity (Wildman–Crippen MR) is 202 cm³/mol. The Balaban J connectivity index is 1.36. The Hall–Kier alpha value is -4.44. The molecule has 4 N–H and O–H groups in total. The number of nitrogens with one attached hydrogen (secondary N) is 2. The SMILES string of the molecule is CCNC(=O)C1(Cc2ccccc2)CCCN(C(=O)C(Cc2ccc3ccccc3c2)NC(=O)N2CC(C)N(C(=O)CCCCCN)C(C)C2)C1. The molecule has 0 aromatic heterocycles. The first-order valence-electron chi connectivity index (χ1n) is 18.8. The Morgan fingerprint density at radius 3 is 2.27 bits per heavy atom. The summed E-state index contributed by atoms with van der Waals surface area (Å²) in [6, 6.07) is 22.7. The summed E-state index contributed by atoms with van der Waals surface area (Å²) < 4.78 is 0. The van der Waals surface area contributed by atoms with Crippen LogP contribution < -0.4 is 16.4 Å². The number of carbonyl (C=O) groups is 4. The second kappa shape index (κ2) is 17.7. The number of amides is 5. The van der Waals surface area contributed by atoms with Gasteiger partial charge < -0.3 is 31.1 Å². The zero-order valence-corrected chi connectivity index (χ0v) is 30.6. The van der Waals surface area contributed by atoms with E-state index in [4.69, 9.17) is 5.73 Å². The zero-order chi connectivity index (χ0) is 36.4. The molecule has 51 heavy (non-hydrogen) atoms. The highest BCUT2D eigenvalue weighted by atomic mass is 16.2. The van der Waals surface area contributed by atoms with E-state index in [1.54, 1.807) is 9.80 Å². The maximum atomic E-state index is 14.6. The summed E-state index contributed by atoms with van der Waals surface area (Å²) >= 11 is 0. The average molecular weight is 697 g/mol. The summed E-state index contributed by atoms with van der Waals surface area (Å²) in [6.45, 7) is 8.55. The maximum Gasteiger partial charge on any atom is 0.318 e. The van der Waals surface area contributed by atoms with Crippen molar-refractivity contribution in [2.24, 2.45) is 11.1 Å². The van der Waals surface area contributed by atoms with E-state index in [0.717, 1.165) is 41.2 Å². The molecule has 5 amide bonds. The van der Waals surface area contributed by atoms with Crippen molar-refractivity contribution < 1.29 is 19.2 Å². The van der Waals surface area contributed by atoms with E-state index < -0.39 is 11.5 Å². The highest BCUT2D eigenvalue weighted by Gasteiger charge is 2.45. The fourth-order valence-electron chi connectivity index (χ4n) is 8.03. The van der Waals surface area contributed by atoms with Gasteiger partial charge in [0.2, 0.25) is 17.7 Å². The first-order chi connectivity index (χ1) is 24.6. The fourth-order valence-corrected chi connectivity index (χ4v) is 8.03. The molecule has 4 atom stereocenters. The lowest BCUT2D eigenvalue weighted by molar-refractivity contribution is -0.142. The number of hydrogen-bond acceptors (Lipinski definition) is 5. The predicted octanol–water partition coefficient (Wildman–Crippen LogP) is 4.89. The number of piperidine rings is 1. The first kappa shape index (κ1) is 37.8. The van der Waals surface area contributed by atoms with Crippen molar-refractivity contribution >= 4 is 34.5 Å². The molecule has 2 aliphatic heterocycles. The van der Waals surface area contributed by atoms with Crippen molar-refractivity contribution in [3.8, 4) is 0 Å². The van der Waals surface area contributed by atoms with Gasteiger partial charge in [-0.15, -0.1) is 0 Å². The molecule has 4 unspecified atom stereocenters. The number of benzene rings is 3. The number of carbonyl (C=O) groups excluding carboxylic acids is 4. The largest absolute Gasteiger partial charge is 0.356 e. The molecule has 3 aromatic rings. The van der Waals surface area contributed by atoms with Crippen molar-refractivity contribution in [2.75, 3.05) is 39.3 Å². The van der Waals surface area contributed by atoms with E-state index in [9.17, 15) is 19.2 Å². The highest BCUT2D eigenvalue weighted by Crippen LogP contribution is 2.35. The van der Waals surface area contributed by atoms with Gasteiger partial charge in [-0.3, -0.25) is 14.4 Å². The summed E-state index contributed by atoms with van der Waals surface area (Å²) in [4.78, 5) is 61.0. The molecule has 3 aromatic carbocycles. The monoisotopic (exact) mass is 696 g/mol. The molecule has 0 bridgehead atoms. The molecule has 0 saturated carbocycles. The minimum Gasteiger partial charge on any atom is -0.356 e. The van der Waals surface area contributed by atoms with Crippen LogP contribution in [0.4, 0.5) is 4.79 Å². The molecule has 0 radical (unpaired) electrons. The van der Waals surface area contributed by atoms with Gasteiger partial charge >= 0.3 is 6.03 Å².